The topological polar surface area (TPSA) is 21.7 Å². The third-order valence-corrected chi connectivity index (χ3v) is 5.42. The van der Waals surface area contributed by atoms with Crippen molar-refractivity contribution in [2.24, 2.45) is 0 Å². The van der Waals surface area contributed by atoms with Crippen LogP contribution in [0.15, 0.2) is 66.7 Å². The van der Waals surface area contributed by atoms with Crippen LogP contribution < -0.4 is 4.74 Å². The summed E-state index contributed by atoms with van der Waals surface area (Å²) in [6.45, 7) is 4.00. The summed E-state index contributed by atoms with van der Waals surface area (Å²) >= 11 is 6.03. The molecule has 0 fully saturated rings. The molecule has 3 nitrogen and oxygen atoms in total. The quantitative estimate of drug-likeness (QED) is 0.542. The third-order valence-electron chi connectivity index (χ3n) is 5.17. The molecule has 1 heterocycles. The third kappa shape index (κ3) is 5.82. The Morgan fingerprint density at radius 3 is 2.60 bits per heavy atom. The minimum Gasteiger partial charge on any atom is -0.491 e. The van der Waals surface area contributed by atoms with Gasteiger partial charge in [0.15, 0.2) is 0 Å². The molecule has 2 bridgehead atoms. The monoisotopic (exact) mass is 425 g/mol. The largest absolute Gasteiger partial charge is 0.491 e. The molecule has 0 amide bonds. The number of rotatable bonds is 2. The molecule has 0 aromatic heterocycles. The second-order valence-electron chi connectivity index (χ2n) is 7.55. The van der Waals surface area contributed by atoms with Crippen molar-refractivity contribution < 1.29 is 13.9 Å². The fourth-order valence-corrected chi connectivity index (χ4v) is 3.84. The average Bonchev–Trinajstić information content (AvgIpc) is 2.73. The van der Waals surface area contributed by atoms with Gasteiger partial charge in [0.1, 0.15) is 18.2 Å². The Morgan fingerprint density at radius 2 is 1.73 bits per heavy atom. The fourth-order valence-electron chi connectivity index (χ4n) is 3.71. The summed E-state index contributed by atoms with van der Waals surface area (Å²) in [5.74, 6) is 0.465. The first-order valence-electron chi connectivity index (χ1n) is 10.2. The lowest BCUT2D eigenvalue weighted by Gasteiger charge is -2.23. The van der Waals surface area contributed by atoms with E-state index in [9.17, 15) is 4.39 Å². The van der Waals surface area contributed by atoms with Crippen molar-refractivity contribution in [3.63, 3.8) is 0 Å². The van der Waals surface area contributed by atoms with Crippen molar-refractivity contribution in [3.05, 3.63) is 99.8 Å². The van der Waals surface area contributed by atoms with Gasteiger partial charge < -0.3 is 9.47 Å². The van der Waals surface area contributed by atoms with Crippen LogP contribution in [-0.2, 0) is 24.2 Å². The molecule has 3 aromatic rings. The molecule has 0 unspecified atom stereocenters. The van der Waals surface area contributed by atoms with Crippen molar-refractivity contribution in [2.75, 3.05) is 26.4 Å². The van der Waals surface area contributed by atoms with Crippen molar-refractivity contribution in [2.45, 2.75) is 19.5 Å². The van der Waals surface area contributed by atoms with E-state index >= 15 is 0 Å². The highest BCUT2D eigenvalue weighted by Crippen LogP contribution is 2.24. The lowest BCUT2D eigenvalue weighted by molar-refractivity contribution is 0.0757. The van der Waals surface area contributed by atoms with Crippen molar-refractivity contribution in [1.29, 1.82) is 0 Å². The maximum absolute atomic E-state index is 13.8. The van der Waals surface area contributed by atoms with Gasteiger partial charge >= 0.3 is 0 Å². The molecule has 0 spiro atoms. The highest BCUT2D eigenvalue weighted by molar-refractivity contribution is 6.30. The maximum atomic E-state index is 13.8. The molecule has 30 heavy (non-hydrogen) atoms. The van der Waals surface area contributed by atoms with Crippen LogP contribution in [0, 0.1) is 5.82 Å². The SMILES string of the molecule is Fc1ccc2c(c1)Cc1cccc(c1)CN(Cc1ccc(Cl)cc1)CCOCCO2. The normalized spacial score (nSPS) is 15.7. The Bertz CT molecular complexity index is 977. The van der Waals surface area contributed by atoms with Gasteiger partial charge in [0.2, 0.25) is 0 Å². The van der Waals surface area contributed by atoms with Gasteiger partial charge in [-0.15, -0.1) is 0 Å². The zero-order valence-electron chi connectivity index (χ0n) is 16.8. The van der Waals surface area contributed by atoms with Gasteiger partial charge in [0, 0.05) is 36.6 Å². The van der Waals surface area contributed by atoms with Gasteiger partial charge in [-0.1, -0.05) is 48.0 Å². The lowest BCUT2D eigenvalue weighted by Crippen LogP contribution is -2.27. The summed E-state index contributed by atoms with van der Waals surface area (Å²) in [4.78, 5) is 2.36. The number of hydrogen-bond acceptors (Lipinski definition) is 3. The molecule has 0 saturated heterocycles. The van der Waals surface area contributed by atoms with Gasteiger partial charge in [-0.25, -0.2) is 4.39 Å². The lowest BCUT2D eigenvalue weighted by atomic mass is 10.0. The molecule has 1 aliphatic rings. The number of nitrogens with zero attached hydrogens (tertiary/aromatic N) is 1. The first kappa shape index (κ1) is 20.9. The number of hydrogen-bond donors (Lipinski definition) is 0. The van der Waals surface area contributed by atoms with Gasteiger partial charge in [-0.05, 0) is 47.0 Å². The summed E-state index contributed by atoms with van der Waals surface area (Å²) in [6.07, 6.45) is 0.624. The first-order valence-corrected chi connectivity index (χ1v) is 10.6. The minimum atomic E-state index is -0.250. The van der Waals surface area contributed by atoms with Crippen LogP contribution in [0.1, 0.15) is 22.3 Å². The Labute approximate surface area is 182 Å². The van der Waals surface area contributed by atoms with Gasteiger partial charge in [0.25, 0.3) is 0 Å². The Morgan fingerprint density at radius 1 is 0.900 bits per heavy atom. The predicted molar refractivity (Wildman–Crippen MR) is 118 cm³/mol. The molecule has 0 aliphatic carbocycles. The average molecular weight is 426 g/mol. The van der Waals surface area contributed by atoms with E-state index in [0.717, 1.165) is 35.8 Å². The molecule has 0 N–H and O–H groups in total. The van der Waals surface area contributed by atoms with E-state index in [4.69, 9.17) is 21.1 Å². The Kier molecular flexibility index (Phi) is 7.00. The Balaban J connectivity index is 1.57. The fraction of sp³-hybridized carbons (Fsp3) is 0.280. The van der Waals surface area contributed by atoms with E-state index in [2.05, 4.69) is 41.3 Å². The molecule has 3 aromatic carbocycles. The molecular weight excluding hydrogens is 401 g/mol. The predicted octanol–water partition coefficient (Wildman–Crippen LogP) is 5.48. The number of ether oxygens (including phenoxy) is 2. The van der Waals surface area contributed by atoms with Crippen LogP contribution >= 0.6 is 11.6 Å². The zero-order valence-corrected chi connectivity index (χ0v) is 17.6. The highest BCUT2D eigenvalue weighted by atomic mass is 35.5. The summed E-state index contributed by atoms with van der Waals surface area (Å²) in [5.41, 5.74) is 4.42. The number of fused-ring (bicyclic) bond motifs is 3. The maximum Gasteiger partial charge on any atom is 0.123 e. The molecule has 0 atom stereocenters. The van der Waals surface area contributed by atoms with Crippen LogP contribution in [0.3, 0.4) is 0 Å². The number of halogens is 2. The van der Waals surface area contributed by atoms with Crippen LogP contribution in [0.2, 0.25) is 5.02 Å². The van der Waals surface area contributed by atoms with Crippen molar-refractivity contribution in [1.82, 2.24) is 4.90 Å². The summed E-state index contributed by atoms with van der Waals surface area (Å²) in [5, 5.41) is 0.743. The van der Waals surface area contributed by atoms with E-state index < -0.39 is 0 Å². The second kappa shape index (κ2) is 10.1. The standard InChI is InChI=1S/C25H25ClFNO2/c26-23-6-4-19(5-7-23)17-28-10-11-29-12-13-30-25-9-8-24(27)16-22(25)15-20-2-1-3-21(14-20)18-28/h1-9,14,16H,10-13,15,17-18H2. The van der Waals surface area contributed by atoms with Crippen LogP contribution in [0.25, 0.3) is 0 Å². The van der Waals surface area contributed by atoms with Crippen LogP contribution in [0.4, 0.5) is 4.39 Å². The molecule has 4 rings (SSSR count). The smallest absolute Gasteiger partial charge is 0.123 e. The van der Waals surface area contributed by atoms with E-state index in [0.29, 0.717) is 32.0 Å². The minimum absolute atomic E-state index is 0.250. The molecule has 156 valence electrons. The van der Waals surface area contributed by atoms with E-state index in [-0.39, 0.29) is 5.82 Å². The van der Waals surface area contributed by atoms with E-state index in [1.807, 2.05) is 12.1 Å². The Hall–Kier alpha value is -2.40. The molecule has 1 aliphatic heterocycles. The van der Waals surface area contributed by atoms with E-state index in [1.54, 1.807) is 12.1 Å². The van der Waals surface area contributed by atoms with Crippen molar-refractivity contribution in [3.8, 4) is 5.75 Å². The van der Waals surface area contributed by atoms with E-state index in [1.165, 1.54) is 17.2 Å². The number of benzene rings is 3. The van der Waals surface area contributed by atoms with Gasteiger partial charge in [-0.2, -0.15) is 0 Å². The first-order chi connectivity index (χ1) is 14.7. The zero-order chi connectivity index (χ0) is 20.8. The van der Waals surface area contributed by atoms with Crippen molar-refractivity contribution >= 4 is 11.6 Å². The molecule has 0 radical (unpaired) electrons. The molecule has 0 saturated carbocycles. The summed E-state index contributed by atoms with van der Waals surface area (Å²) in [6, 6.07) is 21.1. The van der Waals surface area contributed by atoms with Crippen LogP contribution in [0.5, 0.6) is 5.75 Å². The van der Waals surface area contributed by atoms with Crippen LogP contribution in [-0.4, -0.2) is 31.3 Å². The van der Waals surface area contributed by atoms with Gasteiger partial charge in [0.05, 0.1) is 13.2 Å². The summed E-state index contributed by atoms with van der Waals surface area (Å²) in [7, 11) is 0. The second-order valence-corrected chi connectivity index (χ2v) is 7.98. The highest BCUT2D eigenvalue weighted by Gasteiger charge is 2.12. The molecular formula is C25H25ClFNO2. The summed E-state index contributed by atoms with van der Waals surface area (Å²) < 4.78 is 25.5. The molecule has 5 heteroatoms. The van der Waals surface area contributed by atoms with Gasteiger partial charge in [-0.3, -0.25) is 4.90 Å².